The topological polar surface area (TPSA) is 12.0 Å². The van der Waals surface area contributed by atoms with Crippen molar-refractivity contribution < 1.29 is 0 Å². The second-order valence-corrected chi connectivity index (χ2v) is 3.69. The van der Waals surface area contributed by atoms with E-state index in [9.17, 15) is 0 Å². The van der Waals surface area contributed by atoms with Crippen LogP contribution < -0.4 is 5.32 Å². The molecule has 0 radical (unpaired) electrons. The Balaban J connectivity index is 2.76. The summed E-state index contributed by atoms with van der Waals surface area (Å²) in [6, 6.07) is 8.75. The highest BCUT2D eigenvalue weighted by molar-refractivity contribution is 5.25. The van der Waals surface area contributed by atoms with Crippen LogP contribution in [0.5, 0.6) is 0 Å². The predicted octanol–water partition coefficient (Wildman–Crippen LogP) is 2.87. The molecule has 1 unspecified atom stereocenters. The summed E-state index contributed by atoms with van der Waals surface area (Å²) in [6.07, 6.45) is 3.02. The van der Waals surface area contributed by atoms with Crippen LogP contribution in [0.2, 0.25) is 0 Å². The first-order chi connectivity index (χ1) is 6.77. The van der Waals surface area contributed by atoms with Crippen molar-refractivity contribution in [2.75, 3.05) is 13.6 Å². The van der Waals surface area contributed by atoms with Gasteiger partial charge in [0, 0.05) is 6.54 Å². The molecule has 1 aromatic rings. The number of hydrogen-bond acceptors (Lipinski definition) is 1. The van der Waals surface area contributed by atoms with Crippen molar-refractivity contribution in [2.45, 2.75) is 19.3 Å². The Kier molecular flexibility index (Phi) is 4.41. The van der Waals surface area contributed by atoms with Crippen molar-refractivity contribution in [1.29, 1.82) is 0 Å². The van der Waals surface area contributed by atoms with Gasteiger partial charge in [0.25, 0.3) is 0 Å². The average molecular weight is 189 g/mol. The first-order valence-corrected chi connectivity index (χ1v) is 5.10. The van der Waals surface area contributed by atoms with Crippen LogP contribution >= 0.6 is 0 Å². The molecule has 0 spiro atoms. The van der Waals surface area contributed by atoms with Gasteiger partial charge in [-0.15, -0.1) is 6.58 Å². The van der Waals surface area contributed by atoms with E-state index in [4.69, 9.17) is 0 Å². The molecular formula is C13H19N. The Labute approximate surface area is 86.8 Å². The fourth-order valence-electron chi connectivity index (χ4n) is 1.62. The molecule has 1 rings (SSSR count). The van der Waals surface area contributed by atoms with E-state index in [0.29, 0.717) is 5.92 Å². The summed E-state index contributed by atoms with van der Waals surface area (Å²) < 4.78 is 0. The van der Waals surface area contributed by atoms with Gasteiger partial charge < -0.3 is 5.32 Å². The highest BCUT2D eigenvalue weighted by Gasteiger charge is 2.07. The molecule has 0 saturated carbocycles. The van der Waals surface area contributed by atoms with Gasteiger partial charge in [0.1, 0.15) is 0 Å². The number of rotatable bonds is 5. The molecule has 0 heterocycles. The van der Waals surface area contributed by atoms with E-state index in [1.165, 1.54) is 11.1 Å². The number of likely N-dealkylation sites (N-methyl/N-ethyl adjacent to an activating group) is 1. The van der Waals surface area contributed by atoms with Crippen molar-refractivity contribution >= 4 is 0 Å². The molecule has 14 heavy (non-hydrogen) atoms. The lowest BCUT2D eigenvalue weighted by atomic mass is 9.95. The minimum atomic E-state index is 0.554. The largest absolute Gasteiger partial charge is 0.319 e. The molecule has 0 saturated heterocycles. The van der Waals surface area contributed by atoms with Crippen molar-refractivity contribution in [1.82, 2.24) is 5.32 Å². The van der Waals surface area contributed by atoms with Gasteiger partial charge in [-0.25, -0.2) is 0 Å². The van der Waals surface area contributed by atoms with E-state index in [0.717, 1.165) is 13.0 Å². The lowest BCUT2D eigenvalue weighted by Gasteiger charge is -2.15. The van der Waals surface area contributed by atoms with E-state index in [-0.39, 0.29) is 0 Å². The smallest absolute Gasteiger partial charge is 0.00201 e. The Hall–Kier alpha value is -1.08. The van der Waals surface area contributed by atoms with Gasteiger partial charge in [-0.05, 0) is 31.9 Å². The third-order valence-electron chi connectivity index (χ3n) is 2.45. The lowest BCUT2D eigenvalue weighted by molar-refractivity contribution is 0.636. The monoisotopic (exact) mass is 189 g/mol. The summed E-state index contributed by atoms with van der Waals surface area (Å²) in [5, 5.41) is 3.22. The summed E-state index contributed by atoms with van der Waals surface area (Å²) in [4.78, 5) is 0. The van der Waals surface area contributed by atoms with E-state index in [1.54, 1.807) is 0 Å². The molecule has 1 N–H and O–H groups in total. The first kappa shape index (κ1) is 11.0. The second kappa shape index (κ2) is 5.61. The quantitative estimate of drug-likeness (QED) is 0.702. The molecule has 1 atom stereocenters. The Morgan fingerprint density at radius 2 is 2.00 bits per heavy atom. The van der Waals surface area contributed by atoms with E-state index in [1.807, 2.05) is 13.1 Å². The number of hydrogen-bond donors (Lipinski definition) is 1. The number of nitrogens with one attached hydrogen (secondary N) is 1. The van der Waals surface area contributed by atoms with Gasteiger partial charge in [0.15, 0.2) is 0 Å². The zero-order valence-electron chi connectivity index (χ0n) is 9.09. The van der Waals surface area contributed by atoms with E-state index < -0.39 is 0 Å². The summed E-state index contributed by atoms with van der Waals surface area (Å²) >= 11 is 0. The Morgan fingerprint density at radius 3 is 2.50 bits per heavy atom. The highest BCUT2D eigenvalue weighted by atomic mass is 14.8. The molecule has 0 fully saturated rings. The van der Waals surface area contributed by atoms with Crippen molar-refractivity contribution in [3.05, 3.63) is 48.0 Å². The third-order valence-corrected chi connectivity index (χ3v) is 2.45. The second-order valence-electron chi connectivity index (χ2n) is 3.69. The SMILES string of the molecule is C=CCC(CNC)c1ccc(C)cc1. The Bertz CT molecular complexity index is 274. The summed E-state index contributed by atoms with van der Waals surface area (Å²) in [7, 11) is 1.99. The molecule has 0 amide bonds. The van der Waals surface area contributed by atoms with Gasteiger partial charge in [0.05, 0.1) is 0 Å². The summed E-state index contributed by atoms with van der Waals surface area (Å²) in [6.45, 7) is 6.92. The molecule has 0 aliphatic carbocycles. The standard InChI is InChI=1S/C13H19N/c1-4-5-13(10-14-3)12-8-6-11(2)7-9-12/h4,6-9,13-14H,1,5,10H2,2-3H3. The van der Waals surface area contributed by atoms with Gasteiger partial charge in [-0.3, -0.25) is 0 Å². The molecular weight excluding hydrogens is 170 g/mol. The number of aryl methyl sites for hydroxylation is 1. The maximum absolute atomic E-state index is 3.80. The van der Waals surface area contributed by atoms with Crippen LogP contribution in [0.4, 0.5) is 0 Å². The van der Waals surface area contributed by atoms with E-state index >= 15 is 0 Å². The maximum atomic E-state index is 3.80. The van der Waals surface area contributed by atoms with E-state index in [2.05, 4.69) is 43.1 Å². The fraction of sp³-hybridized carbons (Fsp3) is 0.385. The van der Waals surface area contributed by atoms with Crippen LogP contribution in [0.15, 0.2) is 36.9 Å². The Morgan fingerprint density at radius 1 is 1.36 bits per heavy atom. The number of allylic oxidation sites excluding steroid dienone is 1. The van der Waals surface area contributed by atoms with Gasteiger partial charge in [-0.2, -0.15) is 0 Å². The molecule has 0 aromatic heterocycles. The van der Waals surface area contributed by atoms with Crippen LogP contribution in [0.1, 0.15) is 23.5 Å². The zero-order chi connectivity index (χ0) is 10.4. The molecule has 1 heteroatoms. The van der Waals surface area contributed by atoms with Crippen molar-refractivity contribution in [3.63, 3.8) is 0 Å². The molecule has 1 nitrogen and oxygen atoms in total. The van der Waals surface area contributed by atoms with Crippen molar-refractivity contribution in [3.8, 4) is 0 Å². The molecule has 0 aliphatic rings. The molecule has 1 aromatic carbocycles. The zero-order valence-corrected chi connectivity index (χ0v) is 9.09. The maximum Gasteiger partial charge on any atom is 0.00201 e. The predicted molar refractivity (Wildman–Crippen MR) is 62.7 cm³/mol. The van der Waals surface area contributed by atoms with Gasteiger partial charge in [-0.1, -0.05) is 35.9 Å². The lowest BCUT2D eigenvalue weighted by Crippen LogP contribution is -2.16. The average Bonchev–Trinajstić information content (AvgIpc) is 2.19. The van der Waals surface area contributed by atoms with Crippen LogP contribution in [0, 0.1) is 6.92 Å². The minimum absolute atomic E-state index is 0.554. The van der Waals surface area contributed by atoms with Crippen LogP contribution in [-0.2, 0) is 0 Å². The fourth-order valence-corrected chi connectivity index (χ4v) is 1.62. The molecule has 0 aliphatic heterocycles. The van der Waals surface area contributed by atoms with Crippen LogP contribution in [-0.4, -0.2) is 13.6 Å². The molecule has 0 bridgehead atoms. The van der Waals surface area contributed by atoms with Crippen LogP contribution in [0.3, 0.4) is 0 Å². The normalized spacial score (nSPS) is 12.4. The van der Waals surface area contributed by atoms with Gasteiger partial charge in [0.2, 0.25) is 0 Å². The number of benzene rings is 1. The third kappa shape index (κ3) is 3.00. The van der Waals surface area contributed by atoms with Crippen LogP contribution in [0.25, 0.3) is 0 Å². The minimum Gasteiger partial charge on any atom is -0.319 e. The highest BCUT2D eigenvalue weighted by Crippen LogP contribution is 2.19. The summed E-state index contributed by atoms with van der Waals surface area (Å²) in [5.41, 5.74) is 2.71. The van der Waals surface area contributed by atoms with Crippen molar-refractivity contribution in [2.24, 2.45) is 0 Å². The first-order valence-electron chi connectivity index (χ1n) is 5.10. The van der Waals surface area contributed by atoms with Gasteiger partial charge >= 0.3 is 0 Å². The summed E-state index contributed by atoms with van der Waals surface area (Å²) in [5.74, 6) is 0.554. The molecule has 76 valence electrons.